The summed E-state index contributed by atoms with van der Waals surface area (Å²) in [6.45, 7) is 3.22. The van der Waals surface area contributed by atoms with E-state index in [1.165, 1.54) is 26.0 Å². The minimum Gasteiger partial charge on any atom is -0.309 e. The van der Waals surface area contributed by atoms with Gasteiger partial charge in [-0.3, -0.25) is 0 Å². The molecule has 1 aliphatic carbocycles. The topological polar surface area (TPSA) is 12.0 Å². The first kappa shape index (κ1) is 11.1. The summed E-state index contributed by atoms with van der Waals surface area (Å²) in [6, 6.07) is 2.81. The highest BCUT2D eigenvalue weighted by Gasteiger charge is 2.32. The fourth-order valence-electron chi connectivity index (χ4n) is 1.67. The van der Waals surface area contributed by atoms with E-state index in [0.29, 0.717) is 6.04 Å². The Morgan fingerprint density at radius 2 is 2.29 bits per heavy atom. The molecule has 78 valence electrons. The van der Waals surface area contributed by atoms with Crippen molar-refractivity contribution in [2.75, 3.05) is 6.54 Å². The molecule has 1 N–H and O–H groups in total. The Hall–Kier alpha value is 0.620. The lowest BCUT2D eigenvalue weighted by molar-refractivity contribution is 0.504. The molecule has 0 radical (unpaired) electrons. The van der Waals surface area contributed by atoms with Gasteiger partial charge in [0.2, 0.25) is 0 Å². The third-order valence-electron chi connectivity index (χ3n) is 2.49. The molecule has 1 saturated carbocycles. The number of nitrogens with one attached hydrogen (secondary N) is 1. The minimum absolute atomic E-state index is 0.576. The first-order valence-corrected chi connectivity index (χ1v) is 7.30. The second-order valence-corrected chi connectivity index (χ2v) is 6.90. The molecule has 0 spiro atoms. The standard InChI is InChI=1S/C10H13Br2NS/c1-2-13-9(6-3-4-6)8-5-7(11)10(12)14-8/h5-6,9,13H,2-4H2,1H3. The van der Waals surface area contributed by atoms with Crippen molar-refractivity contribution in [3.63, 3.8) is 0 Å². The second-order valence-electron chi connectivity index (χ2n) is 3.64. The van der Waals surface area contributed by atoms with Crippen LogP contribution in [-0.2, 0) is 0 Å². The molecule has 0 bridgehead atoms. The van der Waals surface area contributed by atoms with Gasteiger partial charge in [-0.05, 0) is 63.2 Å². The lowest BCUT2D eigenvalue weighted by atomic mass is 10.1. The molecule has 1 aromatic heterocycles. The Morgan fingerprint density at radius 3 is 2.71 bits per heavy atom. The molecule has 0 saturated heterocycles. The molecule has 14 heavy (non-hydrogen) atoms. The molecule has 1 unspecified atom stereocenters. The van der Waals surface area contributed by atoms with E-state index in [2.05, 4.69) is 50.2 Å². The van der Waals surface area contributed by atoms with Crippen molar-refractivity contribution < 1.29 is 0 Å². The maximum atomic E-state index is 3.57. The first-order chi connectivity index (χ1) is 6.72. The molecule has 1 aromatic rings. The van der Waals surface area contributed by atoms with Crippen molar-refractivity contribution in [2.45, 2.75) is 25.8 Å². The van der Waals surface area contributed by atoms with E-state index in [4.69, 9.17) is 0 Å². The van der Waals surface area contributed by atoms with E-state index in [1.807, 2.05) is 11.3 Å². The smallest absolute Gasteiger partial charge is 0.0843 e. The van der Waals surface area contributed by atoms with Crippen LogP contribution in [0.5, 0.6) is 0 Å². The van der Waals surface area contributed by atoms with Crippen LogP contribution in [0.1, 0.15) is 30.7 Å². The van der Waals surface area contributed by atoms with E-state index in [0.717, 1.165) is 12.5 Å². The summed E-state index contributed by atoms with van der Waals surface area (Å²) >= 11 is 8.93. The summed E-state index contributed by atoms with van der Waals surface area (Å²) in [5.41, 5.74) is 0. The molecule has 0 aliphatic heterocycles. The third-order valence-corrected chi connectivity index (χ3v) is 5.83. The zero-order valence-electron chi connectivity index (χ0n) is 8.02. The zero-order chi connectivity index (χ0) is 10.1. The van der Waals surface area contributed by atoms with Crippen LogP contribution in [0.15, 0.2) is 14.3 Å². The summed E-state index contributed by atoms with van der Waals surface area (Å²) in [5, 5.41) is 3.57. The van der Waals surface area contributed by atoms with Crippen molar-refractivity contribution in [3.8, 4) is 0 Å². The van der Waals surface area contributed by atoms with Gasteiger partial charge in [-0.1, -0.05) is 6.92 Å². The van der Waals surface area contributed by atoms with Gasteiger partial charge in [0.15, 0.2) is 0 Å². The molecule has 2 rings (SSSR count). The average molecular weight is 339 g/mol. The van der Waals surface area contributed by atoms with E-state index in [1.54, 1.807) is 0 Å². The summed E-state index contributed by atoms with van der Waals surface area (Å²) in [6.07, 6.45) is 2.76. The lowest BCUT2D eigenvalue weighted by Gasteiger charge is -2.14. The zero-order valence-corrected chi connectivity index (χ0v) is 12.0. The molecule has 4 heteroatoms. The molecular formula is C10H13Br2NS. The van der Waals surface area contributed by atoms with Gasteiger partial charge in [0.25, 0.3) is 0 Å². The van der Waals surface area contributed by atoms with Crippen LogP contribution in [0.25, 0.3) is 0 Å². The second kappa shape index (κ2) is 4.64. The predicted octanol–water partition coefficient (Wildman–Crippen LogP) is 4.33. The van der Waals surface area contributed by atoms with Crippen LogP contribution in [0.2, 0.25) is 0 Å². The van der Waals surface area contributed by atoms with Gasteiger partial charge in [-0.2, -0.15) is 0 Å². The number of hydrogen-bond acceptors (Lipinski definition) is 2. The molecule has 1 aliphatic rings. The van der Waals surface area contributed by atoms with E-state index in [-0.39, 0.29) is 0 Å². The third kappa shape index (κ3) is 2.40. The first-order valence-electron chi connectivity index (χ1n) is 4.90. The van der Waals surface area contributed by atoms with Crippen molar-refractivity contribution in [1.29, 1.82) is 0 Å². The maximum absolute atomic E-state index is 3.57. The molecule has 1 heterocycles. The van der Waals surface area contributed by atoms with E-state index >= 15 is 0 Å². The van der Waals surface area contributed by atoms with Crippen molar-refractivity contribution >= 4 is 43.2 Å². The Kier molecular flexibility index (Phi) is 3.68. The molecular weight excluding hydrogens is 326 g/mol. The summed E-state index contributed by atoms with van der Waals surface area (Å²) < 4.78 is 2.39. The Bertz CT molecular complexity index is 300. The van der Waals surface area contributed by atoms with Crippen LogP contribution >= 0.6 is 43.2 Å². The molecule has 0 amide bonds. The number of rotatable bonds is 4. The van der Waals surface area contributed by atoms with Gasteiger partial charge in [-0.25, -0.2) is 0 Å². The number of halogens is 2. The maximum Gasteiger partial charge on any atom is 0.0843 e. The predicted molar refractivity (Wildman–Crippen MR) is 68.9 cm³/mol. The Morgan fingerprint density at radius 1 is 1.57 bits per heavy atom. The SMILES string of the molecule is CCNC(c1cc(Br)c(Br)s1)C1CC1. The quantitative estimate of drug-likeness (QED) is 0.861. The van der Waals surface area contributed by atoms with Gasteiger partial charge in [0, 0.05) is 15.4 Å². The minimum atomic E-state index is 0.576. The van der Waals surface area contributed by atoms with E-state index in [9.17, 15) is 0 Å². The molecule has 0 aromatic carbocycles. The van der Waals surface area contributed by atoms with E-state index < -0.39 is 0 Å². The van der Waals surface area contributed by atoms with Crippen LogP contribution in [-0.4, -0.2) is 6.54 Å². The van der Waals surface area contributed by atoms with Gasteiger partial charge < -0.3 is 5.32 Å². The van der Waals surface area contributed by atoms with Crippen molar-refractivity contribution in [1.82, 2.24) is 5.32 Å². The highest BCUT2D eigenvalue weighted by Crippen LogP contribution is 2.45. The van der Waals surface area contributed by atoms with Gasteiger partial charge >= 0.3 is 0 Å². The molecule has 1 fully saturated rings. The fourth-order valence-corrected chi connectivity index (χ4v) is 3.92. The van der Waals surface area contributed by atoms with Crippen LogP contribution in [0.3, 0.4) is 0 Å². The number of thiophene rings is 1. The van der Waals surface area contributed by atoms with Crippen LogP contribution in [0.4, 0.5) is 0 Å². The van der Waals surface area contributed by atoms with Crippen molar-refractivity contribution in [3.05, 3.63) is 19.2 Å². The monoisotopic (exact) mass is 337 g/mol. The average Bonchev–Trinajstić information content (AvgIpc) is 2.91. The highest BCUT2D eigenvalue weighted by molar-refractivity contribution is 9.13. The summed E-state index contributed by atoms with van der Waals surface area (Å²) in [4.78, 5) is 1.45. The van der Waals surface area contributed by atoms with Crippen LogP contribution in [0, 0.1) is 5.92 Å². The fraction of sp³-hybridized carbons (Fsp3) is 0.600. The highest BCUT2D eigenvalue weighted by atomic mass is 79.9. The van der Waals surface area contributed by atoms with Gasteiger partial charge in [-0.15, -0.1) is 11.3 Å². The number of hydrogen-bond donors (Lipinski definition) is 1. The molecule has 1 nitrogen and oxygen atoms in total. The normalized spacial score (nSPS) is 18.5. The molecule has 1 atom stereocenters. The Labute approximate surface area is 106 Å². The lowest BCUT2D eigenvalue weighted by Crippen LogP contribution is -2.21. The largest absolute Gasteiger partial charge is 0.309 e. The Balaban J connectivity index is 2.16. The summed E-state index contributed by atoms with van der Waals surface area (Å²) in [7, 11) is 0. The van der Waals surface area contributed by atoms with Gasteiger partial charge in [0.1, 0.15) is 0 Å². The van der Waals surface area contributed by atoms with Gasteiger partial charge in [0.05, 0.1) is 3.79 Å². The van der Waals surface area contributed by atoms with Crippen LogP contribution < -0.4 is 5.32 Å². The van der Waals surface area contributed by atoms with Crippen molar-refractivity contribution in [2.24, 2.45) is 5.92 Å². The summed E-state index contributed by atoms with van der Waals surface area (Å²) in [5.74, 6) is 0.868.